The van der Waals surface area contributed by atoms with Gasteiger partial charge in [-0.05, 0) is 26.3 Å². The van der Waals surface area contributed by atoms with E-state index in [1.54, 1.807) is 11.3 Å². The normalized spacial score (nSPS) is 19.1. The Balaban J connectivity index is 1.82. The van der Waals surface area contributed by atoms with Gasteiger partial charge in [-0.1, -0.05) is 6.92 Å². The lowest BCUT2D eigenvalue weighted by molar-refractivity contribution is 0.193. The smallest absolute Gasteiger partial charge is 0.0926 e. The Hall–Kier alpha value is -0.450. The lowest BCUT2D eigenvalue weighted by atomic mass is 10.1. The van der Waals surface area contributed by atoms with Crippen LogP contribution in [0.15, 0.2) is 5.38 Å². The number of hydrogen-bond donors (Lipinski definition) is 1. The van der Waals surface area contributed by atoms with Crippen LogP contribution in [0.4, 0.5) is 0 Å². The number of likely N-dealkylation sites (tertiary alicyclic amines) is 1. The topological polar surface area (TPSA) is 28.2 Å². The molecule has 1 aliphatic heterocycles. The molecule has 1 aromatic rings. The van der Waals surface area contributed by atoms with Crippen molar-refractivity contribution in [2.45, 2.75) is 38.8 Å². The molecule has 0 atom stereocenters. The van der Waals surface area contributed by atoms with Crippen LogP contribution < -0.4 is 5.32 Å². The van der Waals surface area contributed by atoms with E-state index in [4.69, 9.17) is 0 Å². The molecule has 3 nitrogen and oxygen atoms in total. The van der Waals surface area contributed by atoms with Crippen LogP contribution in [0.2, 0.25) is 0 Å². The second kappa shape index (κ2) is 5.75. The van der Waals surface area contributed by atoms with Crippen molar-refractivity contribution in [3.63, 3.8) is 0 Å². The maximum absolute atomic E-state index is 4.62. The molecule has 4 heteroatoms. The molecule has 1 aliphatic rings. The van der Waals surface area contributed by atoms with Crippen molar-refractivity contribution in [3.8, 4) is 0 Å². The van der Waals surface area contributed by atoms with Gasteiger partial charge in [-0.2, -0.15) is 0 Å². The molecule has 0 amide bonds. The summed E-state index contributed by atoms with van der Waals surface area (Å²) in [6.07, 6.45) is 3.59. The van der Waals surface area contributed by atoms with E-state index in [9.17, 15) is 0 Å². The summed E-state index contributed by atoms with van der Waals surface area (Å²) in [5, 5.41) is 6.84. The third kappa shape index (κ3) is 3.03. The van der Waals surface area contributed by atoms with Crippen molar-refractivity contribution in [1.29, 1.82) is 0 Å². The highest BCUT2D eigenvalue weighted by atomic mass is 32.1. The Morgan fingerprint density at radius 3 is 2.81 bits per heavy atom. The Labute approximate surface area is 102 Å². The maximum atomic E-state index is 4.62. The van der Waals surface area contributed by atoms with E-state index in [2.05, 4.69) is 34.6 Å². The van der Waals surface area contributed by atoms with E-state index < -0.39 is 0 Å². The van der Waals surface area contributed by atoms with Crippen molar-refractivity contribution < 1.29 is 0 Å². The van der Waals surface area contributed by atoms with Crippen LogP contribution in [-0.4, -0.2) is 36.1 Å². The number of thiazole rings is 1. The van der Waals surface area contributed by atoms with Crippen LogP contribution in [0, 0.1) is 0 Å². The zero-order valence-corrected chi connectivity index (χ0v) is 11.0. The predicted octanol–water partition coefficient (Wildman–Crippen LogP) is 1.89. The quantitative estimate of drug-likeness (QED) is 0.869. The summed E-state index contributed by atoms with van der Waals surface area (Å²) in [5.74, 6) is 0. The van der Waals surface area contributed by atoms with Gasteiger partial charge in [0.15, 0.2) is 0 Å². The first kappa shape index (κ1) is 12.0. The van der Waals surface area contributed by atoms with Crippen LogP contribution in [0.5, 0.6) is 0 Å². The fraction of sp³-hybridized carbons (Fsp3) is 0.750. The third-order valence-electron chi connectivity index (χ3n) is 3.28. The Bertz CT molecular complexity index is 316. The second-order valence-electron chi connectivity index (χ2n) is 4.43. The average molecular weight is 239 g/mol. The van der Waals surface area contributed by atoms with Crippen LogP contribution in [0.3, 0.4) is 0 Å². The summed E-state index contributed by atoms with van der Waals surface area (Å²) in [4.78, 5) is 7.14. The summed E-state index contributed by atoms with van der Waals surface area (Å²) in [5.41, 5.74) is 1.25. The molecule has 0 radical (unpaired) electrons. The molecule has 1 aromatic heterocycles. The highest BCUT2D eigenvalue weighted by Gasteiger charge is 2.18. The molecule has 2 heterocycles. The number of piperidine rings is 1. The first-order chi connectivity index (χ1) is 7.81. The van der Waals surface area contributed by atoms with Crippen molar-refractivity contribution in [3.05, 3.63) is 16.1 Å². The van der Waals surface area contributed by atoms with Crippen LogP contribution in [-0.2, 0) is 13.0 Å². The Morgan fingerprint density at radius 2 is 2.25 bits per heavy atom. The third-order valence-corrected chi connectivity index (χ3v) is 4.33. The van der Waals surface area contributed by atoms with Crippen LogP contribution >= 0.6 is 11.3 Å². The largest absolute Gasteiger partial charge is 0.317 e. The minimum Gasteiger partial charge on any atom is -0.317 e. The lowest BCUT2D eigenvalue weighted by Gasteiger charge is -2.31. The first-order valence-corrected chi connectivity index (χ1v) is 7.02. The highest BCUT2D eigenvalue weighted by molar-refractivity contribution is 7.09. The Morgan fingerprint density at radius 1 is 1.50 bits per heavy atom. The summed E-state index contributed by atoms with van der Waals surface area (Å²) < 4.78 is 0. The van der Waals surface area contributed by atoms with E-state index in [0.29, 0.717) is 0 Å². The van der Waals surface area contributed by atoms with Crippen molar-refractivity contribution in [2.75, 3.05) is 20.1 Å². The average Bonchev–Trinajstić information content (AvgIpc) is 2.78. The van der Waals surface area contributed by atoms with Gasteiger partial charge in [-0.25, -0.2) is 4.98 Å². The number of rotatable bonds is 4. The minimum absolute atomic E-state index is 0.720. The van der Waals surface area contributed by atoms with Gasteiger partial charge in [-0.15, -0.1) is 11.3 Å². The Kier molecular flexibility index (Phi) is 4.32. The minimum atomic E-state index is 0.720. The molecule has 0 spiro atoms. The number of aryl methyl sites for hydroxylation is 1. The van der Waals surface area contributed by atoms with Crippen molar-refractivity contribution >= 4 is 11.3 Å². The monoisotopic (exact) mass is 239 g/mol. The van der Waals surface area contributed by atoms with E-state index in [1.165, 1.54) is 36.6 Å². The van der Waals surface area contributed by atoms with Gasteiger partial charge >= 0.3 is 0 Å². The predicted molar refractivity (Wildman–Crippen MR) is 68.9 cm³/mol. The van der Waals surface area contributed by atoms with E-state index in [0.717, 1.165) is 19.0 Å². The van der Waals surface area contributed by atoms with E-state index in [1.807, 2.05) is 0 Å². The van der Waals surface area contributed by atoms with Gasteiger partial charge in [0.1, 0.15) is 0 Å². The van der Waals surface area contributed by atoms with E-state index in [-0.39, 0.29) is 0 Å². The number of nitrogens with one attached hydrogen (secondary N) is 1. The molecule has 0 bridgehead atoms. The standard InChI is InChI=1S/C12H21N3S/c1-3-12-14-11(9-16-12)8-15-6-4-10(13-2)5-7-15/h9-10,13H,3-8H2,1-2H3. The fourth-order valence-electron chi connectivity index (χ4n) is 2.19. The number of aromatic nitrogens is 1. The van der Waals surface area contributed by atoms with E-state index >= 15 is 0 Å². The molecule has 0 aliphatic carbocycles. The fourth-order valence-corrected chi connectivity index (χ4v) is 2.93. The molecule has 0 aromatic carbocycles. The highest BCUT2D eigenvalue weighted by Crippen LogP contribution is 2.16. The molecular weight excluding hydrogens is 218 g/mol. The SMILES string of the molecule is CCc1nc(CN2CCC(NC)CC2)cs1. The molecule has 0 saturated carbocycles. The molecule has 1 N–H and O–H groups in total. The summed E-state index contributed by atoms with van der Waals surface area (Å²) >= 11 is 1.79. The first-order valence-electron chi connectivity index (χ1n) is 6.14. The number of nitrogens with zero attached hydrogens (tertiary/aromatic N) is 2. The maximum Gasteiger partial charge on any atom is 0.0926 e. The van der Waals surface area contributed by atoms with Crippen LogP contribution in [0.25, 0.3) is 0 Å². The lowest BCUT2D eigenvalue weighted by Crippen LogP contribution is -2.40. The van der Waals surface area contributed by atoms with Gasteiger partial charge in [0.05, 0.1) is 10.7 Å². The van der Waals surface area contributed by atoms with Crippen molar-refractivity contribution in [1.82, 2.24) is 15.2 Å². The summed E-state index contributed by atoms with van der Waals surface area (Å²) in [6, 6.07) is 0.720. The molecule has 90 valence electrons. The van der Waals surface area contributed by atoms with Gasteiger partial charge in [0.2, 0.25) is 0 Å². The molecule has 0 unspecified atom stereocenters. The van der Waals surface area contributed by atoms with Crippen LogP contribution in [0.1, 0.15) is 30.5 Å². The zero-order valence-electron chi connectivity index (χ0n) is 10.2. The summed E-state index contributed by atoms with van der Waals surface area (Å²) in [6.45, 7) is 5.60. The van der Waals surface area contributed by atoms with Gasteiger partial charge in [0.25, 0.3) is 0 Å². The van der Waals surface area contributed by atoms with Gasteiger partial charge in [0, 0.05) is 31.1 Å². The molecule has 1 saturated heterocycles. The molecule has 16 heavy (non-hydrogen) atoms. The number of hydrogen-bond acceptors (Lipinski definition) is 4. The zero-order chi connectivity index (χ0) is 11.4. The molecule has 2 rings (SSSR count). The second-order valence-corrected chi connectivity index (χ2v) is 5.37. The molecule has 1 fully saturated rings. The van der Waals surface area contributed by atoms with Gasteiger partial charge < -0.3 is 5.32 Å². The van der Waals surface area contributed by atoms with Gasteiger partial charge in [-0.3, -0.25) is 4.90 Å². The van der Waals surface area contributed by atoms with Crippen molar-refractivity contribution in [2.24, 2.45) is 0 Å². The summed E-state index contributed by atoms with van der Waals surface area (Å²) in [7, 11) is 2.06. The molecular formula is C12H21N3S.